The van der Waals surface area contributed by atoms with E-state index in [9.17, 15) is 28.3 Å². The molecule has 0 radical (unpaired) electrons. The number of rotatable bonds is 5. The van der Waals surface area contributed by atoms with Gasteiger partial charge in [-0.05, 0) is 45.3 Å². The number of aromatic nitrogens is 1. The number of likely N-dealkylation sites (tertiary alicyclic amines) is 1. The van der Waals surface area contributed by atoms with Crippen LogP contribution in [0.2, 0.25) is 0 Å². The summed E-state index contributed by atoms with van der Waals surface area (Å²) in [4.78, 5) is 43.4. The van der Waals surface area contributed by atoms with Crippen LogP contribution in [0.15, 0.2) is 23.0 Å². The molecule has 3 aliphatic heterocycles. The molecule has 0 saturated carbocycles. The highest BCUT2D eigenvalue weighted by Crippen LogP contribution is 2.45. The lowest BCUT2D eigenvalue weighted by Crippen LogP contribution is -2.44. The fourth-order valence-corrected chi connectivity index (χ4v) is 5.52. The van der Waals surface area contributed by atoms with E-state index in [-0.39, 0.29) is 35.4 Å². The summed E-state index contributed by atoms with van der Waals surface area (Å²) in [6, 6.07) is 2.62. The number of nitrogens with one attached hydrogen (secondary N) is 1. The topological polar surface area (TPSA) is 94.9 Å². The van der Waals surface area contributed by atoms with Gasteiger partial charge in [0.05, 0.1) is 17.8 Å². The minimum atomic E-state index is -0.908. The molecule has 1 fully saturated rings. The zero-order valence-corrected chi connectivity index (χ0v) is 18.8. The quantitative estimate of drug-likeness (QED) is 0.697. The van der Waals surface area contributed by atoms with Crippen molar-refractivity contribution in [3.05, 3.63) is 62.6 Å². The third-order valence-electron chi connectivity index (χ3n) is 7.16. The molecule has 2 amide bonds. The molecule has 0 bridgehead atoms. The van der Waals surface area contributed by atoms with E-state index >= 15 is 0 Å². The van der Waals surface area contributed by atoms with Gasteiger partial charge in [0.2, 0.25) is 5.43 Å². The molecule has 0 aliphatic carbocycles. The van der Waals surface area contributed by atoms with Gasteiger partial charge in [0, 0.05) is 31.3 Å². The standard InChI is InChI=1S/C24H26F2N4O4/c1-2-28-12-15-10-17(29-7-3-4-8-29)19-18(21(31)22(32)20(24(28)34)30(15)19)23(33)27-11-13-5-6-14(25)9-16(13)26/h5-6,9,15,17,32H,2-4,7-8,10-12H2,1H3,(H,27,33)/t15-,17?/m0/s1. The van der Waals surface area contributed by atoms with Gasteiger partial charge in [-0.1, -0.05) is 6.07 Å². The number of nitrogens with zero attached hydrogens (tertiary/aromatic N) is 3. The van der Waals surface area contributed by atoms with Crippen molar-refractivity contribution in [1.29, 1.82) is 0 Å². The average molecular weight is 472 g/mol. The van der Waals surface area contributed by atoms with Gasteiger partial charge in [0.15, 0.2) is 11.4 Å². The Morgan fingerprint density at radius 2 is 1.94 bits per heavy atom. The summed E-state index contributed by atoms with van der Waals surface area (Å²) in [7, 11) is 0. The highest BCUT2D eigenvalue weighted by Gasteiger charge is 2.46. The van der Waals surface area contributed by atoms with Crippen LogP contribution in [0.1, 0.15) is 70.4 Å². The summed E-state index contributed by atoms with van der Waals surface area (Å²) in [6.45, 7) is 4.09. The van der Waals surface area contributed by atoms with E-state index < -0.39 is 34.6 Å². The molecular formula is C24H26F2N4O4. The fraction of sp³-hybridized carbons (Fsp3) is 0.458. The number of benzene rings is 1. The molecule has 1 aromatic carbocycles. The van der Waals surface area contributed by atoms with Crippen molar-refractivity contribution < 1.29 is 23.5 Å². The second-order valence-electron chi connectivity index (χ2n) is 9.07. The van der Waals surface area contributed by atoms with Crippen molar-refractivity contribution in [2.45, 2.75) is 44.8 Å². The Kier molecular flexibility index (Phi) is 5.63. The predicted octanol–water partition coefficient (Wildman–Crippen LogP) is 2.32. The van der Waals surface area contributed by atoms with E-state index in [0.29, 0.717) is 25.2 Å². The van der Waals surface area contributed by atoms with Crippen LogP contribution in [-0.2, 0) is 6.54 Å². The predicted molar refractivity (Wildman–Crippen MR) is 119 cm³/mol. The smallest absolute Gasteiger partial charge is 0.274 e. The molecule has 34 heavy (non-hydrogen) atoms. The third kappa shape index (κ3) is 3.48. The number of hydrogen-bond donors (Lipinski definition) is 2. The first-order valence-corrected chi connectivity index (χ1v) is 11.6. The largest absolute Gasteiger partial charge is 0.503 e. The van der Waals surface area contributed by atoms with Crippen molar-refractivity contribution in [2.75, 3.05) is 26.2 Å². The summed E-state index contributed by atoms with van der Waals surface area (Å²) in [5.41, 5.74) is -0.696. The van der Waals surface area contributed by atoms with Crippen LogP contribution >= 0.6 is 0 Å². The first kappa shape index (κ1) is 22.5. The Bertz CT molecular complexity index is 1240. The minimum Gasteiger partial charge on any atom is -0.503 e. The lowest BCUT2D eigenvalue weighted by molar-refractivity contribution is 0.0672. The van der Waals surface area contributed by atoms with Crippen molar-refractivity contribution in [3.63, 3.8) is 0 Å². The van der Waals surface area contributed by atoms with E-state index in [2.05, 4.69) is 10.2 Å². The molecule has 1 unspecified atom stereocenters. The van der Waals surface area contributed by atoms with Crippen molar-refractivity contribution in [2.24, 2.45) is 0 Å². The van der Waals surface area contributed by atoms with Crippen LogP contribution in [0.3, 0.4) is 0 Å². The summed E-state index contributed by atoms with van der Waals surface area (Å²) in [6.07, 6.45) is 2.62. The van der Waals surface area contributed by atoms with Crippen LogP contribution in [0.5, 0.6) is 5.75 Å². The average Bonchev–Trinajstić information content (AvgIpc) is 3.46. The second-order valence-corrected chi connectivity index (χ2v) is 9.07. The number of carbonyl (C=O) groups is 2. The number of pyridine rings is 1. The van der Waals surface area contributed by atoms with Crippen molar-refractivity contribution in [1.82, 2.24) is 19.7 Å². The fourth-order valence-electron chi connectivity index (χ4n) is 5.52. The third-order valence-corrected chi connectivity index (χ3v) is 7.16. The van der Waals surface area contributed by atoms with E-state index in [1.165, 1.54) is 6.07 Å². The Balaban J connectivity index is 1.59. The van der Waals surface area contributed by atoms with Crippen molar-refractivity contribution >= 4 is 11.8 Å². The zero-order valence-electron chi connectivity index (χ0n) is 18.8. The van der Waals surface area contributed by atoms with Gasteiger partial charge < -0.3 is 19.9 Å². The second kappa shape index (κ2) is 8.50. The highest BCUT2D eigenvalue weighted by atomic mass is 19.1. The van der Waals surface area contributed by atoms with Gasteiger partial charge in [-0.3, -0.25) is 19.3 Å². The monoisotopic (exact) mass is 472 g/mol. The number of aromatic hydroxyl groups is 1. The first-order valence-electron chi connectivity index (χ1n) is 11.6. The van der Waals surface area contributed by atoms with E-state index in [1.54, 1.807) is 9.47 Å². The highest BCUT2D eigenvalue weighted by molar-refractivity contribution is 6.00. The summed E-state index contributed by atoms with van der Waals surface area (Å²) in [5.74, 6) is -3.47. The van der Waals surface area contributed by atoms with E-state index in [1.807, 2.05) is 6.92 Å². The van der Waals surface area contributed by atoms with Crippen molar-refractivity contribution in [3.8, 4) is 5.75 Å². The van der Waals surface area contributed by atoms with E-state index in [0.717, 1.165) is 38.1 Å². The molecule has 2 atom stereocenters. The van der Waals surface area contributed by atoms with Gasteiger partial charge in [-0.2, -0.15) is 0 Å². The number of hydrogen-bond acceptors (Lipinski definition) is 5. The molecule has 4 heterocycles. The number of amides is 2. The molecular weight excluding hydrogens is 446 g/mol. The minimum absolute atomic E-state index is 0.0659. The molecule has 5 rings (SSSR count). The van der Waals surface area contributed by atoms with Crippen LogP contribution in [0.4, 0.5) is 8.78 Å². The normalized spacial score (nSPS) is 21.7. The zero-order chi connectivity index (χ0) is 24.1. The number of carbonyl (C=O) groups excluding carboxylic acids is 2. The summed E-state index contributed by atoms with van der Waals surface area (Å²) in [5, 5.41) is 13.3. The van der Waals surface area contributed by atoms with Gasteiger partial charge in [-0.25, -0.2) is 8.78 Å². The Labute approximate surface area is 194 Å². The molecule has 0 spiro atoms. The van der Waals surface area contributed by atoms with Crippen LogP contribution in [0.25, 0.3) is 0 Å². The van der Waals surface area contributed by atoms with Crippen LogP contribution < -0.4 is 10.7 Å². The molecule has 1 saturated heterocycles. The maximum Gasteiger partial charge on any atom is 0.274 e. The molecule has 3 aliphatic rings. The molecule has 8 nitrogen and oxygen atoms in total. The SMILES string of the molecule is CCN1C[C@@H]2CC(N3CCCC3)c3c(C(=O)NCc4ccc(F)cc4F)c(=O)c(O)c(n32)C1=O. The van der Waals surface area contributed by atoms with Crippen LogP contribution in [-0.4, -0.2) is 57.5 Å². The first-order chi connectivity index (χ1) is 16.3. The molecule has 180 valence electrons. The molecule has 1 aromatic heterocycles. The number of likely N-dealkylation sites (N-methyl/N-ethyl adjacent to an activating group) is 1. The Hall–Kier alpha value is -3.27. The maximum absolute atomic E-state index is 14.1. The molecule has 2 N–H and O–H groups in total. The summed E-state index contributed by atoms with van der Waals surface area (Å²) >= 11 is 0. The summed E-state index contributed by atoms with van der Waals surface area (Å²) < 4.78 is 29.0. The van der Waals surface area contributed by atoms with Gasteiger partial charge >= 0.3 is 0 Å². The van der Waals surface area contributed by atoms with E-state index in [4.69, 9.17) is 0 Å². The van der Waals surface area contributed by atoms with Gasteiger partial charge in [-0.15, -0.1) is 0 Å². The molecule has 10 heteroatoms. The van der Waals surface area contributed by atoms with Gasteiger partial charge in [0.1, 0.15) is 17.2 Å². The lowest BCUT2D eigenvalue weighted by atomic mass is 10.0. The van der Waals surface area contributed by atoms with Gasteiger partial charge in [0.25, 0.3) is 11.8 Å². The lowest BCUT2D eigenvalue weighted by Gasteiger charge is -2.33. The molecule has 2 aromatic rings. The Morgan fingerprint density at radius 1 is 1.21 bits per heavy atom. The van der Waals surface area contributed by atoms with Crippen LogP contribution in [0, 0.1) is 11.6 Å². The number of halogens is 2. The Morgan fingerprint density at radius 3 is 2.62 bits per heavy atom. The maximum atomic E-state index is 14.1.